The first-order valence-corrected chi connectivity index (χ1v) is 11.0. The largest absolute Gasteiger partial charge is 0.456 e. The summed E-state index contributed by atoms with van der Waals surface area (Å²) in [6.07, 6.45) is -1.12. The number of morpholine rings is 1. The molecule has 0 spiro atoms. The Morgan fingerprint density at radius 1 is 1.24 bits per heavy atom. The van der Waals surface area contributed by atoms with Crippen molar-refractivity contribution in [1.29, 1.82) is 0 Å². The number of carbonyl (C=O) groups is 1. The van der Waals surface area contributed by atoms with Gasteiger partial charge in [-0.1, -0.05) is 11.6 Å². The summed E-state index contributed by atoms with van der Waals surface area (Å²) < 4.78 is 52.1. The lowest BCUT2D eigenvalue weighted by Gasteiger charge is -2.26. The SMILES string of the molecule is O=C(NCCCN1CCOCC1)Nc1ccc(Oc2ccnc3[nH]cc(Cl)c23)c(C(F)(F)F)c1. The minimum absolute atomic E-state index is 0.00935. The van der Waals surface area contributed by atoms with Gasteiger partial charge in [-0.2, -0.15) is 13.2 Å². The number of nitrogens with one attached hydrogen (secondary N) is 3. The van der Waals surface area contributed by atoms with Gasteiger partial charge in [-0.3, -0.25) is 4.90 Å². The Labute approximate surface area is 198 Å². The van der Waals surface area contributed by atoms with Gasteiger partial charge in [-0.25, -0.2) is 9.78 Å². The van der Waals surface area contributed by atoms with E-state index in [-0.39, 0.29) is 16.5 Å². The molecular formula is C22H23ClF3N5O3. The van der Waals surface area contributed by atoms with Crippen molar-refractivity contribution in [2.75, 3.05) is 44.7 Å². The van der Waals surface area contributed by atoms with Crippen LogP contribution >= 0.6 is 11.6 Å². The lowest BCUT2D eigenvalue weighted by Crippen LogP contribution is -2.38. The van der Waals surface area contributed by atoms with Gasteiger partial charge in [0.15, 0.2) is 0 Å². The zero-order chi connectivity index (χ0) is 24.1. The maximum atomic E-state index is 13.8. The molecule has 0 bridgehead atoms. The molecule has 4 rings (SSSR count). The van der Waals surface area contributed by atoms with Crippen molar-refractivity contribution in [3.63, 3.8) is 0 Å². The number of aromatic nitrogens is 2. The number of urea groups is 1. The molecule has 1 aromatic carbocycles. The molecule has 0 radical (unpaired) electrons. The quantitative estimate of drug-likeness (QED) is 0.405. The summed E-state index contributed by atoms with van der Waals surface area (Å²) in [6, 6.07) is 4.18. The van der Waals surface area contributed by atoms with Gasteiger partial charge >= 0.3 is 12.2 Å². The van der Waals surface area contributed by atoms with Gasteiger partial charge in [0.05, 0.1) is 23.6 Å². The number of amides is 2. The lowest BCUT2D eigenvalue weighted by atomic mass is 10.1. The standard InChI is InChI=1S/C22H23ClF3N5O3/c23-16-13-29-20-19(16)18(4-6-27-20)34-17-3-2-14(12-15(17)22(24,25)26)30-21(32)28-5-1-7-31-8-10-33-11-9-31/h2-4,6,12-13H,1,5,7-11H2,(H,27,29)(H2,28,30,32). The molecular weight excluding hydrogens is 475 g/mol. The highest BCUT2D eigenvalue weighted by atomic mass is 35.5. The molecule has 12 heteroatoms. The van der Waals surface area contributed by atoms with Crippen LogP contribution in [0.1, 0.15) is 12.0 Å². The summed E-state index contributed by atoms with van der Waals surface area (Å²) in [5.41, 5.74) is -0.654. The third kappa shape index (κ3) is 5.91. The van der Waals surface area contributed by atoms with Crippen molar-refractivity contribution in [1.82, 2.24) is 20.2 Å². The van der Waals surface area contributed by atoms with Gasteiger partial charge in [0.2, 0.25) is 0 Å². The van der Waals surface area contributed by atoms with E-state index < -0.39 is 23.5 Å². The number of pyridine rings is 1. The first-order chi connectivity index (χ1) is 16.3. The van der Waals surface area contributed by atoms with Crippen LogP contribution in [0.15, 0.2) is 36.7 Å². The fraction of sp³-hybridized carbons (Fsp3) is 0.364. The fourth-order valence-electron chi connectivity index (χ4n) is 3.61. The first kappa shape index (κ1) is 24.1. The molecule has 8 nitrogen and oxygen atoms in total. The van der Waals surface area contributed by atoms with Gasteiger partial charge in [-0.15, -0.1) is 0 Å². The average Bonchev–Trinajstić information content (AvgIpc) is 3.19. The Hall–Kier alpha value is -3.02. The monoisotopic (exact) mass is 497 g/mol. The highest BCUT2D eigenvalue weighted by Gasteiger charge is 2.35. The van der Waals surface area contributed by atoms with E-state index >= 15 is 0 Å². The van der Waals surface area contributed by atoms with Gasteiger partial charge < -0.3 is 25.1 Å². The molecule has 1 aliphatic rings. The van der Waals surface area contributed by atoms with Crippen molar-refractivity contribution in [2.45, 2.75) is 12.6 Å². The number of hydrogen-bond donors (Lipinski definition) is 3. The second-order valence-electron chi connectivity index (χ2n) is 7.67. The Balaban J connectivity index is 1.41. The smallest absolute Gasteiger partial charge is 0.420 e. The van der Waals surface area contributed by atoms with Crippen molar-refractivity contribution in [3.8, 4) is 11.5 Å². The van der Waals surface area contributed by atoms with Gasteiger partial charge in [0.25, 0.3) is 0 Å². The van der Waals surface area contributed by atoms with Crippen LogP contribution in [-0.4, -0.2) is 60.3 Å². The Morgan fingerprint density at radius 3 is 2.79 bits per heavy atom. The molecule has 3 N–H and O–H groups in total. The zero-order valence-corrected chi connectivity index (χ0v) is 18.8. The molecule has 0 aliphatic carbocycles. The van der Waals surface area contributed by atoms with Gasteiger partial charge in [0.1, 0.15) is 22.7 Å². The third-order valence-corrected chi connectivity index (χ3v) is 5.59. The van der Waals surface area contributed by atoms with Crippen LogP contribution in [0.3, 0.4) is 0 Å². The van der Waals surface area contributed by atoms with E-state index in [9.17, 15) is 18.0 Å². The number of anilines is 1. The molecule has 34 heavy (non-hydrogen) atoms. The minimum Gasteiger partial charge on any atom is -0.456 e. The van der Waals surface area contributed by atoms with Crippen LogP contribution in [0.25, 0.3) is 11.0 Å². The number of benzene rings is 1. The Kier molecular flexibility index (Phi) is 7.44. The normalized spacial score (nSPS) is 14.8. The first-order valence-electron chi connectivity index (χ1n) is 10.7. The summed E-state index contributed by atoms with van der Waals surface area (Å²) in [6.45, 7) is 4.29. The van der Waals surface area contributed by atoms with E-state index in [2.05, 4.69) is 25.5 Å². The molecule has 3 aromatic rings. The third-order valence-electron chi connectivity index (χ3n) is 5.29. The van der Waals surface area contributed by atoms with E-state index in [1.54, 1.807) is 0 Å². The van der Waals surface area contributed by atoms with Crippen LogP contribution in [0.4, 0.5) is 23.7 Å². The summed E-state index contributed by atoms with van der Waals surface area (Å²) in [7, 11) is 0. The molecule has 2 amide bonds. The fourth-order valence-corrected chi connectivity index (χ4v) is 3.85. The van der Waals surface area contributed by atoms with Crippen molar-refractivity contribution in [3.05, 3.63) is 47.2 Å². The molecule has 182 valence electrons. The van der Waals surface area contributed by atoms with Crippen LogP contribution in [0.5, 0.6) is 11.5 Å². The molecule has 0 atom stereocenters. The molecule has 3 heterocycles. The molecule has 0 unspecified atom stereocenters. The summed E-state index contributed by atoms with van der Waals surface area (Å²) in [4.78, 5) is 21.3. The Morgan fingerprint density at radius 2 is 2.03 bits per heavy atom. The van der Waals surface area contributed by atoms with Crippen molar-refractivity contribution >= 4 is 34.4 Å². The molecule has 0 saturated carbocycles. The number of H-pyrrole nitrogens is 1. The maximum Gasteiger partial charge on any atom is 0.420 e. The number of ether oxygens (including phenoxy) is 2. The molecule has 1 saturated heterocycles. The number of fused-ring (bicyclic) bond motifs is 1. The predicted octanol–water partition coefficient (Wildman–Crippen LogP) is 4.87. The second-order valence-corrected chi connectivity index (χ2v) is 8.08. The second kappa shape index (κ2) is 10.5. The highest BCUT2D eigenvalue weighted by molar-refractivity contribution is 6.36. The van der Waals surface area contributed by atoms with E-state index in [0.29, 0.717) is 30.8 Å². The lowest BCUT2D eigenvalue weighted by molar-refractivity contribution is -0.138. The topological polar surface area (TPSA) is 91.5 Å². The number of nitrogens with zero attached hydrogens (tertiary/aromatic N) is 2. The predicted molar refractivity (Wildman–Crippen MR) is 122 cm³/mol. The van der Waals surface area contributed by atoms with Crippen LogP contribution in [-0.2, 0) is 10.9 Å². The zero-order valence-electron chi connectivity index (χ0n) is 18.0. The van der Waals surface area contributed by atoms with E-state index in [1.165, 1.54) is 24.5 Å². The number of alkyl halides is 3. The van der Waals surface area contributed by atoms with Crippen LogP contribution in [0, 0.1) is 0 Å². The molecule has 2 aromatic heterocycles. The minimum atomic E-state index is -4.71. The van der Waals surface area contributed by atoms with E-state index in [1.807, 2.05) is 0 Å². The maximum absolute atomic E-state index is 13.8. The van der Waals surface area contributed by atoms with Gasteiger partial charge in [0, 0.05) is 37.7 Å². The van der Waals surface area contributed by atoms with Crippen molar-refractivity contribution < 1.29 is 27.4 Å². The number of halogens is 4. The average molecular weight is 498 g/mol. The summed E-state index contributed by atoms with van der Waals surface area (Å²) in [5.74, 6) is -0.297. The number of aromatic amines is 1. The summed E-state index contributed by atoms with van der Waals surface area (Å²) in [5, 5.41) is 5.75. The van der Waals surface area contributed by atoms with E-state index in [0.717, 1.165) is 38.2 Å². The number of rotatable bonds is 7. The molecule has 1 fully saturated rings. The van der Waals surface area contributed by atoms with Crippen LogP contribution < -0.4 is 15.4 Å². The number of hydrogen-bond acceptors (Lipinski definition) is 5. The Bertz CT molecular complexity index is 1150. The van der Waals surface area contributed by atoms with E-state index in [4.69, 9.17) is 21.1 Å². The summed E-state index contributed by atoms with van der Waals surface area (Å²) >= 11 is 6.12. The molecule has 1 aliphatic heterocycles. The number of carbonyl (C=O) groups excluding carboxylic acids is 1. The van der Waals surface area contributed by atoms with Gasteiger partial charge in [-0.05, 0) is 37.2 Å². The van der Waals surface area contributed by atoms with Crippen molar-refractivity contribution in [2.24, 2.45) is 0 Å². The highest BCUT2D eigenvalue weighted by Crippen LogP contribution is 2.41. The van der Waals surface area contributed by atoms with Crippen LogP contribution in [0.2, 0.25) is 5.02 Å².